The van der Waals surface area contributed by atoms with Gasteiger partial charge in [-0.15, -0.1) is 11.0 Å². The van der Waals surface area contributed by atoms with E-state index in [-0.39, 0.29) is 49.4 Å². The van der Waals surface area contributed by atoms with Crippen molar-refractivity contribution in [3.63, 3.8) is 0 Å². The molecule has 3 atom stereocenters. The maximum absolute atomic E-state index is 14.9. The van der Waals surface area contributed by atoms with Crippen LogP contribution in [0.15, 0.2) is 137 Å². The number of carbonyl (C=O) groups excluding carboxylic acids is 5. The van der Waals surface area contributed by atoms with Crippen LogP contribution < -0.4 is 46.5 Å². The third kappa shape index (κ3) is 19.3. The second kappa shape index (κ2) is 31.2. The molecule has 0 saturated carbocycles. The van der Waals surface area contributed by atoms with Crippen LogP contribution in [0.25, 0.3) is 32.7 Å². The number of alkyl carbamates (subject to hydrolysis) is 1. The van der Waals surface area contributed by atoms with Crippen LogP contribution in [-0.4, -0.2) is 93.2 Å². The van der Waals surface area contributed by atoms with Gasteiger partial charge in [0.05, 0.1) is 11.5 Å². The zero-order valence-electron chi connectivity index (χ0n) is 54.1. The van der Waals surface area contributed by atoms with Crippen LogP contribution in [0.5, 0.6) is 17.2 Å². The monoisotopic (exact) mass is 1260 g/mol. The van der Waals surface area contributed by atoms with Gasteiger partial charge in [-0.2, -0.15) is 8.42 Å². The van der Waals surface area contributed by atoms with Gasteiger partial charge in [0.1, 0.15) is 53.2 Å². The van der Waals surface area contributed by atoms with E-state index in [2.05, 4.69) is 58.0 Å². The molecule has 0 radical (unpaired) electrons. The lowest BCUT2D eigenvalue weighted by Crippen LogP contribution is -2.56. The van der Waals surface area contributed by atoms with Gasteiger partial charge in [0, 0.05) is 23.4 Å². The molecule has 1 aliphatic heterocycles. The van der Waals surface area contributed by atoms with E-state index in [4.69, 9.17) is 29.4 Å². The third-order valence-corrected chi connectivity index (χ3v) is 17.2. The number of carbonyl (C=O) groups is 5. The van der Waals surface area contributed by atoms with Crippen LogP contribution in [0.4, 0.5) is 4.79 Å². The molecule has 91 heavy (non-hydrogen) atoms. The Morgan fingerprint density at radius 1 is 0.747 bits per heavy atom. The molecule has 1 aliphatic rings. The minimum Gasteiger partial charge on any atom is -0.493 e. The summed E-state index contributed by atoms with van der Waals surface area (Å²) in [5.41, 5.74) is 9.95. The molecule has 6 aromatic rings. The lowest BCUT2D eigenvalue weighted by atomic mass is 9.88. The second-order valence-electron chi connectivity index (χ2n) is 25.0. The number of guanidine groups is 1. The van der Waals surface area contributed by atoms with Crippen LogP contribution in [0, 0.1) is 26.7 Å². The summed E-state index contributed by atoms with van der Waals surface area (Å²) in [7, 11) is -4.41. The Morgan fingerprint density at radius 2 is 1.34 bits per heavy atom. The third-order valence-electron chi connectivity index (χ3n) is 15.6. The van der Waals surface area contributed by atoms with Crippen molar-refractivity contribution in [2.75, 3.05) is 19.8 Å². The van der Waals surface area contributed by atoms with E-state index in [1.165, 1.54) is 6.08 Å². The summed E-state index contributed by atoms with van der Waals surface area (Å²) in [4.78, 5) is 70.2. The van der Waals surface area contributed by atoms with Crippen molar-refractivity contribution in [1.82, 2.24) is 26.6 Å². The normalized spacial score (nSPS) is 14.0. The van der Waals surface area contributed by atoms with Gasteiger partial charge in [0.15, 0.2) is 6.61 Å². The molecule has 0 spiro atoms. The molecule has 0 bridgehead atoms. The summed E-state index contributed by atoms with van der Waals surface area (Å²) < 4.78 is 62.6. The molecular formula is C71H89N7O12S. The molecule has 0 aromatic heterocycles. The van der Waals surface area contributed by atoms with Crippen molar-refractivity contribution in [3.05, 3.63) is 156 Å². The molecule has 19 nitrogen and oxygen atoms in total. The van der Waals surface area contributed by atoms with Gasteiger partial charge in [-0.1, -0.05) is 117 Å². The molecule has 7 N–H and O–H groups in total. The number of hydrogen-bond donors (Lipinski definition) is 6. The fourth-order valence-electron chi connectivity index (χ4n) is 10.8. The number of esters is 1. The van der Waals surface area contributed by atoms with Crippen molar-refractivity contribution in [2.24, 2.45) is 16.0 Å². The molecule has 1 heterocycles. The second-order valence-corrected chi connectivity index (χ2v) is 26.6. The minimum atomic E-state index is -4.41. The molecule has 0 saturated heterocycles. The molecule has 6 aromatic carbocycles. The Kier molecular flexibility index (Phi) is 23.9. The first-order valence-electron chi connectivity index (χ1n) is 31.0. The quantitative estimate of drug-likeness (QED) is 0.00839. The fraction of sp³-hybridized carbons (Fsp3) is 0.408. The van der Waals surface area contributed by atoms with Crippen molar-refractivity contribution >= 4 is 67.3 Å². The Bertz CT molecular complexity index is 3780. The molecule has 0 unspecified atom stereocenters. The summed E-state index contributed by atoms with van der Waals surface area (Å²) in [6, 6.07) is 28.6. The molecule has 7 rings (SSSR count). The van der Waals surface area contributed by atoms with Gasteiger partial charge < -0.3 is 56.0 Å². The fourth-order valence-corrected chi connectivity index (χ4v) is 12.3. The van der Waals surface area contributed by atoms with E-state index in [1.807, 2.05) is 99.6 Å². The highest BCUT2D eigenvalue weighted by atomic mass is 32.2. The average molecular weight is 1260 g/mol. The standard InChI is InChI=1S/C71H89N7O12S/c1-13-23-57(67(82)88-42-49-24-15-14-16-25-49)77-66(81)56(34-31-45(4)74-68(72)78-91(84,85)64-47(6)46(5)63-52(48(64)7)37-39-71(11,12)89-63)76-65(80)55(30-21-22-40-73-69(83)90-70(8,9)10)75-60(79)43-87-59-36-33-51-27-18-20-29-54(51)62(59)61-53-28-19-17-26-50(53)32-35-58(61)86-41-38-44(2)3/h13-20,24-29,32-33,35-36,44,55-57H,1,4,21-23,30-31,34,37-43H2,2-3,5-12H3,(H,73,83)(H,75,79)(H,76,80)(H,77,81)(H3,72,74,78)/t55-,56-,57+/m1/s1. The first kappa shape index (κ1) is 69.6. The predicted molar refractivity (Wildman–Crippen MR) is 356 cm³/mol. The van der Waals surface area contributed by atoms with Crippen LogP contribution in [0.1, 0.15) is 128 Å². The van der Waals surface area contributed by atoms with Gasteiger partial charge in [0.25, 0.3) is 15.9 Å². The lowest BCUT2D eigenvalue weighted by molar-refractivity contribution is -0.149. The maximum Gasteiger partial charge on any atom is 0.407 e. The summed E-state index contributed by atoms with van der Waals surface area (Å²) in [5, 5.41) is 17.5. The molecule has 486 valence electrons. The highest BCUT2D eigenvalue weighted by Gasteiger charge is 2.35. The number of rotatable bonds is 29. The minimum absolute atomic E-state index is 0.0155. The molecular weight excluding hydrogens is 1170 g/mol. The molecule has 20 heteroatoms. The van der Waals surface area contributed by atoms with E-state index in [1.54, 1.807) is 58.9 Å². The Hall–Kier alpha value is -8.91. The topological polar surface area (TPSA) is 264 Å². The maximum atomic E-state index is 14.9. The number of benzene rings is 6. The number of nitrogens with one attached hydrogen (secondary N) is 5. The van der Waals surface area contributed by atoms with E-state index in [0.717, 1.165) is 39.1 Å². The average Bonchev–Trinajstić information content (AvgIpc) is 0.794. The van der Waals surface area contributed by atoms with Gasteiger partial charge in [-0.25, -0.2) is 9.59 Å². The SMILES string of the molecule is C=CC[C@H](NC(=O)[C@@H](CCC(=C)NC(N)=NS(=O)(=O)c1c(C)c(C)c2c(c1C)CCC(C)(C)O2)NC(=O)[C@@H](CCCCNC(=O)OC(C)(C)C)NC(=O)COc1ccc2ccccc2c1-c1c(OCCC(C)C)ccc2ccccc12)C(=O)OCc1ccccc1. The number of nitrogens with two attached hydrogens (primary N) is 1. The van der Waals surface area contributed by atoms with Gasteiger partial charge in [-0.3, -0.25) is 14.4 Å². The lowest BCUT2D eigenvalue weighted by Gasteiger charge is -2.35. The first-order chi connectivity index (χ1) is 43.1. The number of amides is 4. The zero-order valence-corrected chi connectivity index (χ0v) is 55.0. The van der Waals surface area contributed by atoms with Gasteiger partial charge in [0.2, 0.25) is 17.8 Å². The highest BCUT2D eigenvalue weighted by molar-refractivity contribution is 7.90. The Balaban J connectivity index is 1.15. The number of allylic oxidation sites excluding steroid dienone is 1. The van der Waals surface area contributed by atoms with Crippen LogP contribution >= 0.6 is 0 Å². The van der Waals surface area contributed by atoms with Crippen LogP contribution in [0.2, 0.25) is 0 Å². The van der Waals surface area contributed by atoms with Gasteiger partial charge >= 0.3 is 12.1 Å². The first-order valence-corrected chi connectivity index (χ1v) is 32.4. The molecule has 0 aliphatic carbocycles. The molecule has 4 amide bonds. The molecule has 0 fully saturated rings. The number of sulfonamides is 1. The van der Waals surface area contributed by atoms with Crippen molar-refractivity contribution in [1.29, 1.82) is 0 Å². The van der Waals surface area contributed by atoms with Crippen molar-refractivity contribution in [2.45, 2.75) is 168 Å². The summed E-state index contributed by atoms with van der Waals surface area (Å²) >= 11 is 0. The van der Waals surface area contributed by atoms with E-state index in [0.29, 0.717) is 83.3 Å². The summed E-state index contributed by atoms with van der Waals surface area (Å²) in [5.74, 6) is -1.39. The summed E-state index contributed by atoms with van der Waals surface area (Å²) in [6.45, 7) is 26.6. The van der Waals surface area contributed by atoms with Crippen LogP contribution in [0.3, 0.4) is 0 Å². The predicted octanol–water partition coefficient (Wildman–Crippen LogP) is 11.5. The highest BCUT2D eigenvalue weighted by Crippen LogP contribution is 2.46. The van der Waals surface area contributed by atoms with Crippen LogP contribution in [-0.2, 0) is 51.7 Å². The number of ether oxygens (including phenoxy) is 5. The van der Waals surface area contributed by atoms with E-state index < -0.39 is 81.7 Å². The van der Waals surface area contributed by atoms with E-state index >= 15 is 0 Å². The van der Waals surface area contributed by atoms with Crippen molar-refractivity contribution < 1.29 is 56.1 Å². The largest absolute Gasteiger partial charge is 0.493 e. The number of unbranched alkanes of at least 4 members (excludes halogenated alkanes) is 1. The smallest absolute Gasteiger partial charge is 0.407 e. The van der Waals surface area contributed by atoms with Gasteiger partial charge in [-0.05, 0) is 181 Å². The number of fused-ring (bicyclic) bond motifs is 3. The Morgan fingerprint density at radius 3 is 1.96 bits per heavy atom. The number of hydrogen-bond acceptors (Lipinski definition) is 12. The number of nitrogens with zero attached hydrogens (tertiary/aromatic N) is 1. The van der Waals surface area contributed by atoms with E-state index in [9.17, 15) is 32.4 Å². The zero-order chi connectivity index (χ0) is 66.2. The Labute approximate surface area is 535 Å². The summed E-state index contributed by atoms with van der Waals surface area (Å²) in [6.07, 6.45) is 3.31. The van der Waals surface area contributed by atoms with Crippen molar-refractivity contribution in [3.8, 4) is 28.4 Å².